The lowest BCUT2D eigenvalue weighted by molar-refractivity contribution is 0.601. The molecule has 1 N–H and O–H groups in total. The van der Waals surface area contributed by atoms with Gasteiger partial charge in [0.2, 0.25) is 0 Å². The Morgan fingerprint density at radius 3 is 2.73 bits per heavy atom. The van der Waals surface area contributed by atoms with E-state index < -0.39 is 0 Å². The Kier molecular flexibility index (Phi) is 7.98. The van der Waals surface area contributed by atoms with E-state index in [0.717, 1.165) is 25.4 Å². The van der Waals surface area contributed by atoms with E-state index in [0.29, 0.717) is 0 Å². The fraction of sp³-hybridized carbons (Fsp3) is 0.667. The number of unbranched alkanes of at least 4 members (excludes halogenated alkanes) is 3. The zero-order valence-corrected chi connectivity index (χ0v) is 10.7. The molecule has 1 rings (SSSR count). The van der Waals surface area contributed by atoms with Crippen LogP contribution in [0.3, 0.4) is 0 Å². The molecular formula is C12H20ClNS. The van der Waals surface area contributed by atoms with Crippen LogP contribution in [0.1, 0.15) is 30.6 Å². The van der Waals surface area contributed by atoms with Crippen LogP contribution in [0.25, 0.3) is 0 Å². The molecule has 0 aliphatic carbocycles. The van der Waals surface area contributed by atoms with Crippen molar-refractivity contribution < 1.29 is 0 Å². The van der Waals surface area contributed by atoms with Gasteiger partial charge in [0.1, 0.15) is 0 Å². The average Bonchev–Trinajstić information content (AvgIpc) is 2.75. The van der Waals surface area contributed by atoms with Crippen LogP contribution in [0.15, 0.2) is 17.5 Å². The minimum Gasteiger partial charge on any atom is -0.316 e. The Bertz CT molecular complexity index is 224. The predicted molar refractivity (Wildman–Crippen MR) is 70.1 cm³/mol. The molecule has 3 heteroatoms. The summed E-state index contributed by atoms with van der Waals surface area (Å²) in [6.45, 7) is 2.25. The van der Waals surface area contributed by atoms with Crippen molar-refractivity contribution in [1.29, 1.82) is 0 Å². The standard InChI is InChI=1S/C12H20ClNS/c13-8-3-1-2-4-9-14-10-7-12-6-5-11-15-12/h5-6,11,14H,1-4,7-10H2. The van der Waals surface area contributed by atoms with Gasteiger partial charge in [-0.15, -0.1) is 22.9 Å². The Morgan fingerprint density at radius 1 is 1.13 bits per heavy atom. The summed E-state index contributed by atoms with van der Waals surface area (Å²) in [6.07, 6.45) is 6.19. The van der Waals surface area contributed by atoms with Crippen LogP contribution in [0, 0.1) is 0 Å². The van der Waals surface area contributed by atoms with Crippen LogP contribution in [0.2, 0.25) is 0 Å². The highest BCUT2D eigenvalue weighted by Crippen LogP contribution is 2.08. The lowest BCUT2D eigenvalue weighted by Crippen LogP contribution is -2.18. The molecule has 1 nitrogen and oxygen atoms in total. The molecule has 0 fully saturated rings. The number of halogens is 1. The van der Waals surface area contributed by atoms with E-state index in [4.69, 9.17) is 11.6 Å². The molecule has 0 amide bonds. The van der Waals surface area contributed by atoms with Gasteiger partial charge in [0, 0.05) is 10.8 Å². The molecule has 0 aromatic carbocycles. The van der Waals surface area contributed by atoms with Crippen molar-refractivity contribution in [2.45, 2.75) is 32.1 Å². The first-order chi connectivity index (χ1) is 7.43. The van der Waals surface area contributed by atoms with Crippen molar-refractivity contribution in [3.05, 3.63) is 22.4 Å². The van der Waals surface area contributed by atoms with Gasteiger partial charge in [0.25, 0.3) is 0 Å². The van der Waals surface area contributed by atoms with Gasteiger partial charge in [-0.05, 0) is 43.8 Å². The molecule has 0 bridgehead atoms. The molecule has 0 radical (unpaired) electrons. The first kappa shape index (κ1) is 13.0. The van der Waals surface area contributed by atoms with E-state index in [1.165, 1.54) is 30.6 Å². The maximum atomic E-state index is 5.61. The van der Waals surface area contributed by atoms with E-state index >= 15 is 0 Å². The Morgan fingerprint density at radius 2 is 2.00 bits per heavy atom. The lowest BCUT2D eigenvalue weighted by atomic mass is 10.2. The van der Waals surface area contributed by atoms with E-state index in [1.807, 2.05) is 11.3 Å². The van der Waals surface area contributed by atoms with Crippen LogP contribution >= 0.6 is 22.9 Å². The molecule has 0 saturated heterocycles. The summed E-state index contributed by atoms with van der Waals surface area (Å²) in [7, 11) is 0. The van der Waals surface area contributed by atoms with Gasteiger partial charge in [-0.1, -0.05) is 18.9 Å². The van der Waals surface area contributed by atoms with E-state index in [9.17, 15) is 0 Å². The third-order valence-electron chi connectivity index (χ3n) is 2.37. The van der Waals surface area contributed by atoms with Crippen LogP contribution in [0.4, 0.5) is 0 Å². The van der Waals surface area contributed by atoms with Crippen molar-refractivity contribution in [3.8, 4) is 0 Å². The number of rotatable bonds is 9. The SMILES string of the molecule is ClCCCCCCNCCc1cccs1. The summed E-state index contributed by atoms with van der Waals surface area (Å²) in [5.74, 6) is 0.811. The highest BCUT2D eigenvalue weighted by Gasteiger charge is 1.93. The van der Waals surface area contributed by atoms with Gasteiger partial charge < -0.3 is 5.32 Å². The molecular weight excluding hydrogens is 226 g/mol. The molecule has 1 aromatic rings. The summed E-state index contributed by atoms with van der Waals surface area (Å²) < 4.78 is 0. The summed E-state index contributed by atoms with van der Waals surface area (Å²) >= 11 is 7.45. The summed E-state index contributed by atoms with van der Waals surface area (Å²) in [4.78, 5) is 1.48. The number of thiophene rings is 1. The Hall–Kier alpha value is -0.0500. The third kappa shape index (κ3) is 6.93. The van der Waals surface area contributed by atoms with Crippen molar-refractivity contribution >= 4 is 22.9 Å². The predicted octanol–water partition coefficient (Wildman–Crippen LogP) is 3.68. The van der Waals surface area contributed by atoms with Gasteiger partial charge >= 0.3 is 0 Å². The maximum absolute atomic E-state index is 5.61. The lowest BCUT2D eigenvalue weighted by Gasteiger charge is -2.03. The third-order valence-corrected chi connectivity index (χ3v) is 3.57. The Labute approximate surface area is 102 Å². The van der Waals surface area contributed by atoms with Gasteiger partial charge in [0.15, 0.2) is 0 Å². The monoisotopic (exact) mass is 245 g/mol. The van der Waals surface area contributed by atoms with Crippen LogP contribution in [0.5, 0.6) is 0 Å². The first-order valence-corrected chi connectivity index (χ1v) is 7.14. The minimum absolute atomic E-state index is 0.811. The molecule has 1 aromatic heterocycles. The van der Waals surface area contributed by atoms with E-state index in [-0.39, 0.29) is 0 Å². The van der Waals surface area contributed by atoms with Crippen molar-refractivity contribution in [1.82, 2.24) is 5.32 Å². The molecule has 15 heavy (non-hydrogen) atoms. The zero-order valence-electron chi connectivity index (χ0n) is 9.18. The normalized spacial score (nSPS) is 10.7. The number of hydrogen-bond acceptors (Lipinski definition) is 2. The molecule has 0 spiro atoms. The molecule has 0 atom stereocenters. The zero-order chi connectivity index (χ0) is 10.8. The summed E-state index contributed by atoms with van der Waals surface area (Å²) in [6, 6.07) is 4.32. The van der Waals surface area contributed by atoms with Gasteiger partial charge in [0.05, 0.1) is 0 Å². The summed E-state index contributed by atoms with van der Waals surface area (Å²) in [5.41, 5.74) is 0. The van der Waals surface area contributed by atoms with Crippen molar-refractivity contribution in [2.75, 3.05) is 19.0 Å². The molecule has 86 valence electrons. The fourth-order valence-corrected chi connectivity index (χ4v) is 2.39. The fourth-order valence-electron chi connectivity index (χ4n) is 1.49. The molecule has 0 aliphatic rings. The molecule has 0 saturated carbocycles. The van der Waals surface area contributed by atoms with Gasteiger partial charge in [-0.2, -0.15) is 0 Å². The smallest absolute Gasteiger partial charge is 0.0223 e. The number of hydrogen-bond donors (Lipinski definition) is 1. The summed E-state index contributed by atoms with van der Waals surface area (Å²) in [5, 5.41) is 5.61. The van der Waals surface area contributed by atoms with E-state index in [2.05, 4.69) is 22.8 Å². The average molecular weight is 246 g/mol. The van der Waals surface area contributed by atoms with Gasteiger partial charge in [-0.3, -0.25) is 0 Å². The maximum Gasteiger partial charge on any atom is 0.0223 e. The quantitative estimate of drug-likeness (QED) is 0.517. The highest BCUT2D eigenvalue weighted by atomic mass is 35.5. The van der Waals surface area contributed by atoms with Gasteiger partial charge in [-0.25, -0.2) is 0 Å². The van der Waals surface area contributed by atoms with Crippen LogP contribution in [-0.4, -0.2) is 19.0 Å². The second-order valence-corrected chi connectivity index (χ2v) is 5.09. The van der Waals surface area contributed by atoms with Crippen LogP contribution in [-0.2, 0) is 6.42 Å². The molecule has 1 heterocycles. The van der Waals surface area contributed by atoms with Crippen LogP contribution < -0.4 is 5.32 Å². The van der Waals surface area contributed by atoms with Crippen molar-refractivity contribution in [2.24, 2.45) is 0 Å². The molecule has 0 aliphatic heterocycles. The minimum atomic E-state index is 0.811. The highest BCUT2D eigenvalue weighted by molar-refractivity contribution is 7.09. The number of alkyl halides is 1. The topological polar surface area (TPSA) is 12.0 Å². The van der Waals surface area contributed by atoms with E-state index in [1.54, 1.807) is 0 Å². The Balaban J connectivity index is 1.81. The largest absolute Gasteiger partial charge is 0.316 e. The second kappa shape index (κ2) is 9.20. The van der Waals surface area contributed by atoms with Crippen molar-refractivity contribution in [3.63, 3.8) is 0 Å². The molecule has 0 unspecified atom stereocenters. The first-order valence-electron chi connectivity index (χ1n) is 5.72. The second-order valence-electron chi connectivity index (χ2n) is 3.68. The number of nitrogens with one attached hydrogen (secondary N) is 1.